The molecular formula is C21H17N3OS. The van der Waals surface area contributed by atoms with Crippen molar-refractivity contribution in [3.8, 4) is 11.8 Å². The number of allylic oxidation sites excluding steroid dienone is 1. The minimum absolute atomic E-state index is 0.164. The number of aliphatic imine (C=N–C) groups is 1. The first kappa shape index (κ1) is 16.4. The molecule has 0 fully saturated rings. The van der Waals surface area contributed by atoms with Crippen molar-refractivity contribution in [3.05, 3.63) is 75.8 Å². The number of hydrogen-bond acceptors (Lipinski definition) is 4. The Kier molecular flexibility index (Phi) is 4.19. The number of nitrogens with zero attached hydrogens (tertiary/aromatic N) is 3. The van der Waals surface area contributed by atoms with E-state index in [1.807, 2.05) is 48.6 Å². The number of fused-ring (bicyclic) bond motifs is 3. The molecule has 26 heavy (non-hydrogen) atoms. The van der Waals surface area contributed by atoms with Crippen molar-refractivity contribution >= 4 is 28.4 Å². The first-order valence-corrected chi connectivity index (χ1v) is 9.15. The first-order valence-electron chi connectivity index (χ1n) is 8.27. The molecule has 3 aromatic rings. The molecule has 5 heteroatoms. The summed E-state index contributed by atoms with van der Waals surface area (Å²) in [5.41, 5.74) is 1.54. The summed E-state index contributed by atoms with van der Waals surface area (Å²) < 4.78 is 6.16. The Labute approximate surface area is 156 Å². The highest BCUT2D eigenvalue weighted by Crippen LogP contribution is 2.47. The summed E-state index contributed by atoms with van der Waals surface area (Å²) in [5.74, 6) is 0.984. The summed E-state index contributed by atoms with van der Waals surface area (Å²) in [7, 11) is 3.78. The summed E-state index contributed by atoms with van der Waals surface area (Å²) in [6.07, 6.45) is 1.66. The molecule has 0 spiro atoms. The fourth-order valence-electron chi connectivity index (χ4n) is 3.16. The average molecular weight is 359 g/mol. The van der Waals surface area contributed by atoms with Gasteiger partial charge in [-0.25, -0.2) is 4.99 Å². The largest absolute Gasteiger partial charge is 0.437 e. The minimum atomic E-state index is -0.164. The summed E-state index contributed by atoms with van der Waals surface area (Å²) in [5, 5.41) is 14.0. The number of benzene rings is 2. The Hall–Kier alpha value is -3.10. The summed E-state index contributed by atoms with van der Waals surface area (Å²) in [4.78, 5) is 7.37. The van der Waals surface area contributed by atoms with Crippen LogP contribution >= 0.6 is 11.3 Å². The number of nitriles is 1. The van der Waals surface area contributed by atoms with Gasteiger partial charge in [0.05, 0.1) is 12.3 Å². The molecule has 128 valence electrons. The van der Waals surface area contributed by atoms with E-state index in [1.54, 1.807) is 17.7 Å². The Bertz CT molecular complexity index is 1060. The average Bonchev–Trinajstić information content (AvgIpc) is 3.19. The van der Waals surface area contributed by atoms with Gasteiger partial charge in [-0.1, -0.05) is 42.5 Å². The minimum Gasteiger partial charge on any atom is -0.437 e. The van der Waals surface area contributed by atoms with Gasteiger partial charge in [0.2, 0.25) is 5.88 Å². The van der Waals surface area contributed by atoms with Crippen LogP contribution in [0.3, 0.4) is 0 Å². The molecule has 0 amide bonds. The van der Waals surface area contributed by atoms with Crippen LogP contribution < -0.4 is 4.74 Å². The lowest BCUT2D eigenvalue weighted by atomic mass is 9.86. The van der Waals surface area contributed by atoms with Gasteiger partial charge in [-0.15, -0.1) is 11.3 Å². The number of hydrogen-bond donors (Lipinski definition) is 0. The number of thiophene rings is 1. The van der Waals surface area contributed by atoms with Gasteiger partial charge in [0, 0.05) is 29.9 Å². The van der Waals surface area contributed by atoms with Crippen molar-refractivity contribution in [2.45, 2.75) is 5.92 Å². The molecule has 2 aromatic carbocycles. The van der Waals surface area contributed by atoms with Crippen molar-refractivity contribution in [2.24, 2.45) is 4.99 Å². The zero-order valence-corrected chi connectivity index (χ0v) is 15.3. The van der Waals surface area contributed by atoms with Crippen LogP contribution in [0.1, 0.15) is 16.4 Å². The topological polar surface area (TPSA) is 48.6 Å². The van der Waals surface area contributed by atoms with Gasteiger partial charge >= 0.3 is 0 Å². The summed E-state index contributed by atoms with van der Waals surface area (Å²) in [6, 6.07) is 18.7. The summed E-state index contributed by atoms with van der Waals surface area (Å²) >= 11 is 1.64. The maximum atomic E-state index is 9.86. The molecule has 4 nitrogen and oxygen atoms in total. The molecule has 1 aromatic heterocycles. The Balaban J connectivity index is 1.98. The smallest absolute Gasteiger partial charge is 0.235 e. The molecule has 1 atom stereocenters. The van der Waals surface area contributed by atoms with Gasteiger partial charge in [-0.05, 0) is 16.8 Å². The molecule has 1 aliphatic heterocycles. The van der Waals surface area contributed by atoms with Crippen molar-refractivity contribution < 1.29 is 4.74 Å². The molecule has 2 heterocycles. The van der Waals surface area contributed by atoms with Crippen molar-refractivity contribution in [3.63, 3.8) is 0 Å². The van der Waals surface area contributed by atoms with E-state index in [2.05, 4.69) is 35.3 Å². The predicted molar refractivity (Wildman–Crippen MR) is 106 cm³/mol. The molecule has 1 aliphatic rings. The zero-order chi connectivity index (χ0) is 18.1. The maximum Gasteiger partial charge on any atom is 0.235 e. The second-order valence-electron chi connectivity index (χ2n) is 6.29. The van der Waals surface area contributed by atoms with Crippen LogP contribution in [0.4, 0.5) is 0 Å². The molecule has 4 rings (SSSR count). The molecule has 0 unspecified atom stereocenters. The third kappa shape index (κ3) is 2.75. The lowest BCUT2D eigenvalue weighted by molar-refractivity contribution is 0.399. The Morgan fingerprint density at radius 1 is 1.15 bits per heavy atom. The highest BCUT2D eigenvalue weighted by atomic mass is 32.1. The van der Waals surface area contributed by atoms with Gasteiger partial charge in [0.1, 0.15) is 17.4 Å². The quantitative estimate of drug-likeness (QED) is 0.501. The zero-order valence-electron chi connectivity index (χ0n) is 14.5. The van der Waals surface area contributed by atoms with Crippen LogP contribution in [-0.2, 0) is 0 Å². The van der Waals surface area contributed by atoms with Crippen LogP contribution in [0.25, 0.3) is 10.8 Å². The van der Waals surface area contributed by atoms with Crippen molar-refractivity contribution in [1.29, 1.82) is 5.26 Å². The third-order valence-electron chi connectivity index (χ3n) is 4.29. The fraction of sp³-hybridized carbons (Fsp3) is 0.143. The molecule has 0 N–H and O–H groups in total. The second-order valence-corrected chi connectivity index (χ2v) is 7.27. The number of ether oxygens (including phenoxy) is 1. The molecule has 0 saturated heterocycles. The van der Waals surface area contributed by atoms with E-state index in [1.165, 1.54) is 0 Å². The molecule has 0 radical (unpaired) electrons. The second kappa shape index (κ2) is 6.66. The van der Waals surface area contributed by atoms with E-state index in [9.17, 15) is 5.26 Å². The van der Waals surface area contributed by atoms with E-state index in [0.717, 1.165) is 27.0 Å². The van der Waals surface area contributed by atoms with Gasteiger partial charge in [-0.3, -0.25) is 0 Å². The predicted octanol–water partition coefficient (Wildman–Crippen LogP) is 4.75. The highest BCUT2D eigenvalue weighted by Gasteiger charge is 2.33. The standard InChI is InChI=1S/C21H17N3OS/c1-24(2)13-23-21-17(12-22)19(18-8-5-11-26-18)16-10-9-14-6-3-4-7-15(14)20(16)25-21/h3-11,13,19H,1-2H3/t19-/m0/s1. The van der Waals surface area contributed by atoms with Crippen LogP contribution in [0, 0.1) is 11.3 Å². The van der Waals surface area contributed by atoms with Gasteiger partial charge < -0.3 is 9.64 Å². The highest BCUT2D eigenvalue weighted by molar-refractivity contribution is 7.10. The third-order valence-corrected chi connectivity index (χ3v) is 5.23. The van der Waals surface area contributed by atoms with E-state index in [-0.39, 0.29) is 5.92 Å². The van der Waals surface area contributed by atoms with Crippen molar-refractivity contribution in [1.82, 2.24) is 4.90 Å². The maximum absolute atomic E-state index is 9.86. The van der Waals surface area contributed by atoms with E-state index < -0.39 is 0 Å². The van der Waals surface area contributed by atoms with Crippen LogP contribution in [0.2, 0.25) is 0 Å². The Morgan fingerprint density at radius 3 is 2.73 bits per heavy atom. The molecule has 0 aliphatic carbocycles. The van der Waals surface area contributed by atoms with Crippen molar-refractivity contribution in [2.75, 3.05) is 14.1 Å². The molecule has 0 saturated carbocycles. The fourth-order valence-corrected chi connectivity index (χ4v) is 4.01. The summed E-state index contributed by atoms with van der Waals surface area (Å²) in [6.45, 7) is 0. The van der Waals surface area contributed by atoms with Crippen LogP contribution in [-0.4, -0.2) is 25.3 Å². The lowest BCUT2D eigenvalue weighted by Crippen LogP contribution is -2.16. The number of rotatable bonds is 3. The lowest BCUT2D eigenvalue weighted by Gasteiger charge is -2.26. The van der Waals surface area contributed by atoms with Crippen LogP contribution in [0.5, 0.6) is 5.75 Å². The van der Waals surface area contributed by atoms with Crippen LogP contribution in [0.15, 0.2) is 70.4 Å². The SMILES string of the molecule is CN(C)C=NC1=C(C#N)[C@@H](c2cccs2)c2ccc3ccccc3c2O1. The Morgan fingerprint density at radius 2 is 2.00 bits per heavy atom. The van der Waals surface area contributed by atoms with E-state index in [0.29, 0.717) is 11.5 Å². The molecular weight excluding hydrogens is 342 g/mol. The van der Waals surface area contributed by atoms with Gasteiger partial charge in [-0.2, -0.15) is 5.26 Å². The first-order chi connectivity index (χ1) is 12.7. The van der Waals surface area contributed by atoms with Gasteiger partial charge in [0.15, 0.2) is 0 Å². The van der Waals surface area contributed by atoms with E-state index >= 15 is 0 Å². The molecule has 0 bridgehead atoms. The van der Waals surface area contributed by atoms with Gasteiger partial charge in [0.25, 0.3) is 0 Å². The normalized spacial score (nSPS) is 16.4. The monoisotopic (exact) mass is 359 g/mol. The van der Waals surface area contributed by atoms with E-state index in [4.69, 9.17) is 4.74 Å².